The topological polar surface area (TPSA) is 209 Å². The van der Waals surface area contributed by atoms with E-state index in [1.54, 1.807) is 0 Å². The Bertz CT molecular complexity index is 580. The van der Waals surface area contributed by atoms with Gasteiger partial charge in [0.25, 0.3) is 0 Å². The Labute approximate surface area is 154 Å². The van der Waals surface area contributed by atoms with Gasteiger partial charge in [-0.05, 0) is 6.92 Å². The van der Waals surface area contributed by atoms with E-state index in [0.717, 1.165) is 0 Å². The zero-order valence-electron chi connectivity index (χ0n) is 14.9. The number of rotatable bonds is 12. The summed E-state index contributed by atoms with van der Waals surface area (Å²) in [6.45, 7) is 0.254. The molecule has 0 saturated heterocycles. The number of likely N-dealkylation sites (N-methyl/N-ethyl adjacent to an activating group) is 1. The fourth-order valence-electron chi connectivity index (χ4n) is 1.87. The van der Waals surface area contributed by atoms with Crippen LogP contribution in [0.3, 0.4) is 0 Å². The summed E-state index contributed by atoms with van der Waals surface area (Å²) in [5, 5.41) is 20.5. The molecule has 0 aromatic rings. The molecule has 0 aliphatic rings. The molecule has 0 radical (unpaired) electrons. The van der Waals surface area contributed by atoms with E-state index in [-0.39, 0.29) is 6.41 Å². The van der Waals surface area contributed by atoms with E-state index < -0.39 is 67.2 Å². The predicted molar refractivity (Wildman–Crippen MR) is 90.5 cm³/mol. The van der Waals surface area contributed by atoms with Crippen LogP contribution in [0.5, 0.6) is 0 Å². The number of aliphatic hydroxyl groups excluding tert-OH is 1. The molecule has 0 saturated carbocycles. The van der Waals surface area contributed by atoms with Gasteiger partial charge in [0, 0.05) is 7.05 Å². The molecule has 3 unspecified atom stereocenters. The second kappa shape index (κ2) is 12.2. The molecular formula is C14H24N6O7. The lowest BCUT2D eigenvalue weighted by atomic mass is 10.1. The highest BCUT2D eigenvalue weighted by molar-refractivity contribution is 5.94. The third-order valence-corrected chi connectivity index (χ3v) is 3.15. The van der Waals surface area contributed by atoms with Gasteiger partial charge in [0.05, 0.1) is 25.6 Å². The Morgan fingerprint density at radius 2 is 1.63 bits per heavy atom. The predicted octanol–water partition coefficient (Wildman–Crippen LogP) is -5.18. The maximum absolute atomic E-state index is 12.0. The molecule has 13 nitrogen and oxygen atoms in total. The maximum atomic E-state index is 12.0. The molecule has 0 aromatic carbocycles. The van der Waals surface area contributed by atoms with Crippen LogP contribution in [0.15, 0.2) is 0 Å². The first-order valence-corrected chi connectivity index (χ1v) is 7.83. The summed E-state index contributed by atoms with van der Waals surface area (Å²) in [6.07, 6.45) is -1.44. The van der Waals surface area contributed by atoms with E-state index in [4.69, 9.17) is 5.73 Å². The number of hydrogen-bond donors (Lipinski definition) is 7. The normalized spacial score (nSPS) is 13.3. The summed E-state index contributed by atoms with van der Waals surface area (Å²) in [5.74, 6) is -3.85. The van der Waals surface area contributed by atoms with E-state index in [2.05, 4.69) is 26.6 Å². The van der Waals surface area contributed by atoms with Crippen molar-refractivity contribution in [1.82, 2.24) is 26.6 Å². The van der Waals surface area contributed by atoms with E-state index >= 15 is 0 Å². The average molecular weight is 388 g/mol. The van der Waals surface area contributed by atoms with Gasteiger partial charge in [0.1, 0.15) is 12.1 Å². The molecule has 0 rings (SSSR count). The molecule has 0 fully saturated rings. The first-order valence-electron chi connectivity index (χ1n) is 7.83. The molecule has 152 valence electrons. The van der Waals surface area contributed by atoms with Gasteiger partial charge in [-0.15, -0.1) is 0 Å². The molecule has 0 heterocycles. The monoisotopic (exact) mass is 388 g/mol. The zero-order valence-corrected chi connectivity index (χ0v) is 14.9. The van der Waals surface area contributed by atoms with Crippen molar-refractivity contribution >= 4 is 35.9 Å². The van der Waals surface area contributed by atoms with Crippen molar-refractivity contribution in [3.63, 3.8) is 0 Å². The molecule has 8 N–H and O–H groups in total. The number of aliphatic hydroxyl groups is 1. The van der Waals surface area contributed by atoms with Gasteiger partial charge in [0.2, 0.25) is 35.9 Å². The number of carbonyl (C=O) groups is 6. The third kappa shape index (κ3) is 9.74. The average Bonchev–Trinajstić information content (AvgIpc) is 2.60. The fraction of sp³-hybridized carbons (Fsp3) is 0.571. The van der Waals surface area contributed by atoms with Gasteiger partial charge in [-0.1, -0.05) is 0 Å². The lowest BCUT2D eigenvalue weighted by molar-refractivity contribution is -0.133. The van der Waals surface area contributed by atoms with Gasteiger partial charge in [-0.2, -0.15) is 0 Å². The second-order valence-corrected chi connectivity index (χ2v) is 5.41. The Morgan fingerprint density at radius 3 is 2.11 bits per heavy atom. The maximum Gasteiger partial charge on any atom is 0.245 e. The largest absolute Gasteiger partial charge is 0.391 e. The number of nitrogens with two attached hydrogens (primary N) is 1. The van der Waals surface area contributed by atoms with Crippen molar-refractivity contribution in [2.45, 2.75) is 31.5 Å². The summed E-state index contributed by atoms with van der Waals surface area (Å²) < 4.78 is 0. The van der Waals surface area contributed by atoms with Crippen LogP contribution in [0, 0.1) is 0 Å². The quantitative estimate of drug-likeness (QED) is 0.161. The minimum atomic E-state index is -1.38. The first-order chi connectivity index (χ1) is 12.6. The molecule has 6 amide bonds. The van der Waals surface area contributed by atoms with Crippen LogP contribution < -0.4 is 32.3 Å². The summed E-state index contributed by atoms with van der Waals surface area (Å²) >= 11 is 0. The molecule has 27 heavy (non-hydrogen) atoms. The lowest BCUT2D eigenvalue weighted by Crippen LogP contribution is -2.56. The minimum absolute atomic E-state index is 0.288. The number of carbonyl (C=O) groups excluding carboxylic acids is 6. The van der Waals surface area contributed by atoms with Crippen LogP contribution in [0.25, 0.3) is 0 Å². The van der Waals surface area contributed by atoms with Crippen molar-refractivity contribution in [2.24, 2.45) is 5.73 Å². The van der Waals surface area contributed by atoms with E-state index in [9.17, 15) is 33.9 Å². The standard InChI is InChI=1S/C14H24N6O7/c1-7(22)12(20-10(24)4-17-6-21)14(27)18-5-11(25)19-8(3-9(15)23)13(26)16-2/h6-8,12,22H,3-5H2,1-2H3,(H2,15,23)(H,16,26)(H,17,21)(H,18,27)(H,19,25)(H,20,24). The van der Waals surface area contributed by atoms with Crippen molar-refractivity contribution in [3.05, 3.63) is 0 Å². The van der Waals surface area contributed by atoms with Crippen molar-refractivity contribution in [3.8, 4) is 0 Å². The van der Waals surface area contributed by atoms with Gasteiger partial charge >= 0.3 is 0 Å². The molecule has 0 spiro atoms. The third-order valence-electron chi connectivity index (χ3n) is 3.15. The van der Waals surface area contributed by atoms with Gasteiger partial charge in [-0.25, -0.2) is 0 Å². The minimum Gasteiger partial charge on any atom is -0.391 e. The summed E-state index contributed by atoms with van der Waals surface area (Å²) in [7, 11) is 1.31. The number of nitrogens with one attached hydrogen (secondary N) is 5. The lowest BCUT2D eigenvalue weighted by Gasteiger charge is -2.21. The first kappa shape index (κ1) is 23.8. The Morgan fingerprint density at radius 1 is 1.04 bits per heavy atom. The molecular weight excluding hydrogens is 364 g/mol. The van der Waals surface area contributed by atoms with E-state index in [0.29, 0.717) is 0 Å². The molecule has 0 aliphatic heterocycles. The highest BCUT2D eigenvalue weighted by Gasteiger charge is 2.27. The molecule has 13 heteroatoms. The van der Waals surface area contributed by atoms with Gasteiger partial charge < -0.3 is 37.4 Å². The van der Waals surface area contributed by atoms with Crippen LogP contribution in [-0.2, 0) is 28.8 Å². The number of hydrogen-bond acceptors (Lipinski definition) is 7. The molecule has 0 bridgehead atoms. The molecule has 3 atom stereocenters. The Kier molecular flexibility index (Phi) is 10.7. The second-order valence-electron chi connectivity index (χ2n) is 5.41. The van der Waals surface area contributed by atoms with Crippen molar-refractivity contribution in [2.75, 3.05) is 20.1 Å². The van der Waals surface area contributed by atoms with Gasteiger partial charge in [-0.3, -0.25) is 28.8 Å². The van der Waals surface area contributed by atoms with E-state index in [1.165, 1.54) is 14.0 Å². The molecule has 0 aromatic heterocycles. The smallest absolute Gasteiger partial charge is 0.245 e. The summed E-state index contributed by atoms with van der Waals surface area (Å²) in [5.41, 5.74) is 5.00. The SMILES string of the molecule is CNC(=O)C(CC(N)=O)NC(=O)CNC(=O)C(NC(=O)CNC=O)C(C)O. The highest BCUT2D eigenvalue weighted by atomic mass is 16.3. The Hall–Kier alpha value is -3.22. The highest BCUT2D eigenvalue weighted by Crippen LogP contribution is 1.94. The zero-order chi connectivity index (χ0) is 21.0. The van der Waals surface area contributed by atoms with Crippen LogP contribution in [-0.4, -0.2) is 79.4 Å². The summed E-state index contributed by atoms with van der Waals surface area (Å²) in [4.78, 5) is 68.1. The van der Waals surface area contributed by atoms with Crippen molar-refractivity contribution in [1.29, 1.82) is 0 Å². The van der Waals surface area contributed by atoms with E-state index in [1.807, 2.05) is 0 Å². The number of amides is 6. The fourth-order valence-corrected chi connectivity index (χ4v) is 1.87. The summed E-state index contributed by atoms with van der Waals surface area (Å²) in [6, 6.07) is -2.59. The molecule has 0 aliphatic carbocycles. The van der Waals surface area contributed by atoms with Crippen LogP contribution in [0.1, 0.15) is 13.3 Å². The number of primary amides is 1. The van der Waals surface area contributed by atoms with Crippen molar-refractivity contribution < 1.29 is 33.9 Å². The van der Waals surface area contributed by atoms with Gasteiger partial charge in [0.15, 0.2) is 0 Å². The van der Waals surface area contributed by atoms with Crippen LogP contribution in [0.4, 0.5) is 0 Å². The Balaban J connectivity index is 4.70. The van der Waals surface area contributed by atoms with Crippen LogP contribution in [0.2, 0.25) is 0 Å². The van der Waals surface area contributed by atoms with Crippen LogP contribution >= 0.6 is 0 Å².